The van der Waals surface area contributed by atoms with Gasteiger partial charge in [0.05, 0.1) is 5.56 Å². The summed E-state index contributed by atoms with van der Waals surface area (Å²) in [5.74, 6) is 0.0989. The molecule has 1 aromatic carbocycles. The highest BCUT2D eigenvalue weighted by molar-refractivity contribution is 7.99. The molecule has 1 atom stereocenters. The Kier molecular flexibility index (Phi) is 3.63. The summed E-state index contributed by atoms with van der Waals surface area (Å²) in [6, 6.07) is 6.92. The van der Waals surface area contributed by atoms with E-state index in [9.17, 15) is 14.7 Å². The fourth-order valence-electron chi connectivity index (χ4n) is 2.72. The molecule has 5 nitrogen and oxygen atoms in total. The van der Waals surface area contributed by atoms with Gasteiger partial charge in [0, 0.05) is 42.2 Å². The van der Waals surface area contributed by atoms with Crippen LogP contribution in [0.4, 0.5) is 0 Å². The van der Waals surface area contributed by atoms with E-state index in [2.05, 4.69) is 0 Å². The second-order valence-corrected chi connectivity index (χ2v) is 6.25. The maximum absolute atomic E-state index is 12.8. The highest BCUT2D eigenvalue weighted by Crippen LogP contribution is 2.25. The van der Waals surface area contributed by atoms with E-state index in [0.717, 1.165) is 16.7 Å². The number of carbonyl (C=O) groups excluding carboxylic acids is 1. The van der Waals surface area contributed by atoms with Crippen molar-refractivity contribution in [1.82, 2.24) is 9.47 Å². The van der Waals surface area contributed by atoms with E-state index >= 15 is 0 Å². The summed E-state index contributed by atoms with van der Waals surface area (Å²) in [5, 5.41) is 10.2. The normalized spacial score (nSPS) is 18.9. The number of aryl methyl sites for hydroxylation is 1. The minimum atomic E-state index is -0.934. The molecule has 1 unspecified atom stereocenters. The second-order valence-electron chi connectivity index (χ2n) is 5.10. The number of fused-ring (bicyclic) bond motifs is 1. The molecule has 1 aromatic heterocycles. The van der Waals surface area contributed by atoms with E-state index in [1.807, 2.05) is 35.9 Å². The largest absolute Gasteiger partial charge is 0.480 e. The van der Waals surface area contributed by atoms with Crippen LogP contribution in [0.3, 0.4) is 0 Å². The Morgan fingerprint density at radius 2 is 2.10 bits per heavy atom. The van der Waals surface area contributed by atoms with Crippen molar-refractivity contribution in [3.63, 3.8) is 0 Å². The molecule has 1 amide bonds. The predicted octanol–water partition coefficient (Wildman–Crippen LogP) is 1.82. The summed E-state index contributed by atoms with van der Waals surface area (Å²) in [5.41, 5.74) is 1.55. The van der Waals surface area contributed by atoms with Crippen LogP contribution in [0.2, 0.25) is 0 Å². The standard InChI is InChI=1S/C15H16N2O3S/c1-16-8-11(10-4-2-3-5-12(10)16)14(18)17-6-7-21-9-13(17)15(19)20/h2-5,8,13H,6-7,9H2,1H3,(H,19,20). The molecule has 0 spiro atoms. The van der Waals surface area contributed by atoms with Gasteiger partial charge in [-0.3, -0.25) is 4.79 Å². The Hall–Kier alpha value is -1.95. The summed E-state index contributed by atoms with van der Waals surface area (Å²) in [6.45, 7) is 0.476. The summed E-state index contributed by atoms with van der Waals surface area (Å²) in [7, 11) is 1.89. The molecule has 1 saturated heterocycles. The van der Waals surface area contributed by atoms with Crippen molar-refractivity contribution in [3.05, 3.63) is 36.0 Å². The number of para-hydroxylation sites is 1. The highest BCUT2D eigenvalue weighted by atomic mass is 32.2. The van der Waals surface area contributed by atoms with Crippen LogP contribution in [0.5, 0.6) is 0 Å². The number of aromatic nitrogens is 1. The van der Waals surface area contributed by atoms with E-state index in [0.29, 0.717) is 17.9 Å². The van der Waals surface area contributed by atoms with Crippen LogP contribution >= 0.6 is 11.8 Å². The highest BCUT2D eigenvalue weighted by Gasteiger charge is 2.33. The lowest BCUT2D eigenvalue weighted by Gasteiger charge is -2.32. The number of rotatable bonds is 2. The van der Waals surface area contributed by atoms with Gasteiger partial charge in [0.15, 0.2) is 0 Å². The Labute approximate surface area is 126 Å². The average molecular weight is 304 g/mol. The molecule has 2 heterocycles. The van der Waals surface area contributed by atoms with Crippen LogP contribution in [0.25, 0.3) is 10.9 Å². The Morgan fingerprint density at radius 1 is 1.33 bits per heavy atom. The lowest BCUT2D eigenvalue weighted by molar-refractivity contribution is -0.141. The zero-order valence-corrected chi connectivity index (χ0v) is 12.5. The molecule has 0 saturated carbocycles. The van der Waals surface area contributed by atoms with Gasteiger partial charge in [-0.25, -0.2) is 4.79 Å². The van der Waals surface area contributed by atoms with Crippen molar-refractivity contribution in [2.45, 2.75) is 6.04 Å². The smallest absolute Gasteiger partial charge is 0.327 e. The summed E-state index contributed by atoms with van der Waals surface area (Å²) < 4.78 is 1.90. The molecular weight excluding hydrogens is 288 g/mol. The molecule has 21 heavy (non-hydrogen) atoms. The van der Waals surface area contributed by atoms with Crippen LogP contribution in [0.1, 0.15) is 10.4 Å². The lowest BCUT2D eigenvalue weighted by atomic mass is 10.1. The Bertz CT molecular complexity index is 710. The molecule has 1 aliphatic heterocycles. The number of carboxylic acids is 1. The van der Waals surface area contributed by atoms with Crippen molar-refractivity contribution in [2.24, 2.45) is 7.05 Å². The maximum Gasteiger partial charge on any atom is 0.327 e. The van der Waals surface area contributed by atoms with Gasteiger partial charge < -0.3 is 14.6 Å². The number of aliphatic carboxylic acids is 1. The Balaban J connectivity index is 2.01. The third-order valence-corrected chi connectivity index (χ3v) is 4.82. The van der Waals surface area contributed by atoms with Crippen LogP contribution in [0, 0.1) is 0 Å². The zero-order valence-electron chi connectivity index (χ0n) is 11.7. The third-order valence-electron chi connectivity index (χ3n) is 3.80. The first-order chi connectivity index (χ1) is 10.1. The van der Waals surface area contributed by atoms with E-state index in [1.54, 1.807) is 18.0 Å². The second kappa shape index (κ2) is 5.44. The van der Waals surface area contributed by atoms with E-state index in [4.69, 9.17) is 0 Å². The number of thioether (sulfide) groups is 1. The molecule has 1 fully saturated rings. The molecule has 6 heteroatoms. The molecule has 1 N–H and O–H groups in total. The summed E-state index contributed by atoms with van der Waals surface area (Å²) in [4.78, 5) is 25.6. The van der Waals surface area contributed by atoms with Crippen molar-refractivity contribution < 1.29 is 14.7 Å². The predicted molar refractivity (Wildman–Crippen MR) is 82.7 cm³/mol. The molecule has 0 radical (unpaired) electrons. The molecule has 1 aliphatic rings. The molecular formula is C15H16N2O3S. The van der Waals surface area contributed by atoms with Crippen LogP contribution < -0.4 is 0 Å². The van der Waals surface area contributed by atoms with Gasteiger partial charge in [-0.1, -0.05) is 18.2 Å². The number of hydrogen-bond donors (Lipinski definition) is 1. The third kappa shape index (κ3) is 2.40. The molecule has 0 aliphatic carbocycles. The van der Waals surface area contributed by atoms with Crippen molar-refractivity contribution in [1.29, 1.82) is 0 Å². The number of benzene rings is 1. The minimum Gasteiger partial charge on any atom is -0.480 e. The molecule has 3 rings (SSSR count). The monoisotopic (exact) mass is 304 g/mol. The molecule has 2 aromatic rings. The number of carboxylic acid groups (broad SMARTS) is 1. The topological polar surface area (TPSA) is 62.5 Å². The van der Waals surface area contributed by atoms with Gasteiger partial charge >= 0.3 is 5.97 Å². The van der Waals surface area contributed by atoms with Crippen molar-refractivity contribution in [3.8, 4) is 0 Å². The molecule has 0 bridgehead atoms. The van der Waals surface area contributed by atoms with Gasteiger partial charge in [-0.2, -0.15) is 11.8 Å². The number of nitrogens with zero attached hydrogens (tertiary/aromatic N) is 2. The van der Waals surface area contributed by atoms with E-state index in [1.165, 1.54) is 4.90 Å². The first kappa shape index (κ1) is 14.0. The fraction of sp³-hybridized carbons (Fsp3) is 0.333. The van der Waals surface area contributed by atoms with E-state index in [-0.39, 0.29) is 5.91 Å². The molecule has 110 valence electrons. The van der Waals surface area contributed by atoms with Crippen molar-refractivity contribution >= 4 is 34.5 Å². The zero-order chi connectivity index (χ0) is 15.0. The van der Waals surface area contributed by atoms with Crippen LogP contribution in [-0.4, -0.2) is 50.5 Å². The number of carbonyl (C=O) groups is 2. The number of amides is 1. The first-order valence-corrected chi connectivity index (χ1v) is 7.90. The van der Waals surface area contributed by atoms with Gasteiger partial charge in [0.1, 0.15) is 6.04 Å². The first-order valence-electron chi connectivity index (χ1n) is 6.75. The quantitative estimate of drug-likeness (QED) is 0.919. The number of hydrogen-bond acceptors (Lipinski definition) is 3. The van der Waals surface area contributed by atoms with Crippen molar-refractivity contribution in [2.75, 3.05) is 18.1 Å². The van der Waals surface area contributed by atoms with E-state index < -0.39 is 12.0 Å². The lowest BCUT2D eigenvalue weighted by Crippen LogP contribution is -2.50. The van der Waals surface area contributed by atoms with Crippen LogP contribution in [-0.2, 0) is 11.8 Å². The van der Waals surface area contributed by atoms with Gasteiger partial charge in [-0.05, 0) is 6.07 Å². The van der Waals surface area contributed by atoms with Crippen LogP contribution in [0.15, 0.2) is 30.5 Å². The van der Waals surface area contributed by atoms with Gasteiger partial charge in [0.25, 0.3) is 5.91 Å². The van der Waals surface area contributed by atoms with Gasteiger partial charge in [0.2, 0.25) is 0 Å². The minimum absolute atomic E-state index is 0.195. The summed E-state index contributed by atoms with van der Waals surface area (Å²) >= 11 is 1.58. The fourth-order valence-corrected chi connectivity index (χ4v) is 3.76. The SMILES string of the molecule is Cn1cc(C(=O)N2CCSCC2C(=O)O)c2ccccc21. The van der Waals surface area contributed by atoms with Gasteiger partial charge in [-0.15, -0.1) is 0 Å². The summed E-state index contributed by atoms with van der Waals surface area (Å²) in [6.07, 6.45) is 1.79. The maximum atomic E-state index is 12.8. The Morgan fingerprint density at radius 3 is 2.86 bits per heavy atom. The average Bonchev–Trinajstić information content (AvgIpc) is 2.84.